The second kappa shape index (κ2) is 7.04. The zero-order chi connectivity index (χ0) is 16.1. The van der Waals surface area contributed by atoms with Crippen LogP contribution in [0.5, 0.6) is 0 Å². The Balaban J connectivity index is 1.93. The first-order chi connectivity index (χ1) is 10.5. The van der Waals surface area contributed by atoms with Crippen LogP contribution in [0.2, 0.25) is 0 Å². The van der Waals surface area contributed by atoms with Crippen LogP contribution in [0, 0.1) is 17.5 Å². The number of hydrogen-bond donors (Lipinski definition) is 2. The van der Waals surface area contributed by atoms with Crippen molar-refractivity contribution in [1.29, 1.82) is 0 Å². The van der Waals surface area contributed by atoms with Gasteiger partial charge in [0.25, 0.3) is 5.91 Å². The Labute approximate surface area is 130 Å². The van der Waals surface area contributed by atoms with Crippen molar-refractivity contribution < 1.29 is 18.0 Å². The van der Waals surface area contributed by atoms with E-state index in [-0.39, 0.29) is 17.2 Å². The predicted molar refractivity (Wildman–Crippen MR) is 79.7 cm³/mol. The van der Waals surface area contributed by atoms with Crippen LogP contribution < -0.4 is 10.6 Å². The maximum Gasteiger partial charge on any atom is 0.257 e. The minimum Gasteiger partial charge on any atom is -0.358 e. The first-order valence-electron chi connectivity index (χ1n) is 6.25. The van der Waals surface area contributed by atoms with Gasteiger partial charge in [-0.05, 0) is 30.4 Å². The Hall–Kier alpha value is -2.41. The zero-order valence-electron chi connectivity index (χ0n) is 11.2. The molecule has 1 amide bonds. The molecule has 0 heterocycles. The van der Waals surface area contributed by atoms with Crippen molar-refractivity contribution in [2.75, 3.05) is 0 Å². The highest BCUT2D eigenvalue weighted by molar-refractivity contribution is 7.80. The van der Waals surface area contributed by atoms with Gasteiger partial charge < -0.3 is 5.32 Å². The molecule has 7 heteroatoms. The van der Waals surface area contributed by atoms with Crippen LogP contribution in [0.3, 0.4) is 0 Å². The maximum atomic E-state index is 13.4. The summed E-state index contributed by atoms with van der Waals surface area (Å²) >= 11 is 4.90. The minimum atomic E-state index is -1.26. The second-order valence-electron chi connectivity index (χ2n) is 4.36. The van der Waals surface area contributed by atoms with Crippen molar-refractivity contribution in [2.45, 2.75) is 6.54 Å². The number of rotatable bonds is 3. The number of thiocarbonyl (C=S) groups is 1. The lowest BCUT2D eigenvalue weighted by Crippen LogP contribution is -2.39. The molecule has 0 saturated carbocycles. The number of hydrogen-bond acceptors (Lipinski definition) is 2. The van der Waals surface area contributed by atoms with Crippen LogP contribution >= 0.6 is 12.2 Å². The summed E-state index contributed by atoms with van der Waals surface area (Å²) in [6, 6.07) is 9.56. The van der Waals surface area contributed by atoms with E-state index < -0.39 is 23.4 Å². The number of amides is 1. The van der Waals surface area contributed by atoms with Gasteiger partial charge in [0, 0.05) is 23.7 Å². The van der Waals surface area contributed by atoms with Crippen LogP contribution in [0.4, 0.5) is 13.2 Å². The number of halogens is 3. The van der Waals surface area contributed by atoms with E-state index in [4.69, 9.17) is 12.2 Å². The first-order valence-corrected chi connectivity index (χ1v) is 6.66. The molecule has 2 aromatic carbocycles. The summed E-state index contributed by atoms with van der Waals surface area (Å²) < 4.78 is 39.3. The number of nitrogens with one attached hydrogen (secondary N) is 2. The molecule has 3 nitrogen and oxygen atoms in total. The lowest BCUT2D eigenvalue weighted by molar-refractivity contribution is 0.0976. The highest BCUT2D eigenvalue weighted by Crippen LogP contribution is 2.13. The fourth-order valence-corrected chi connectivity index (χ4v) is 1.85. The molecule has 2 N–H and O–H groups in total. The van der Waals surface area contributed by atoms with Gasteiger partial charge in [-0.15, -0.1) is 0 Å². The largest absolute Gasteiger partial charge is 0.358 e. The summed E-state index contributed by atoms with van der Waals surface area (Å²) in [5.74, 6) is -3.74. The van der Waals surface area contributed by atoms with E-state index >= 15 is 0 Å². The molecule has 0 fully saturated rings. The molecule has 0 spiro atoms. The number of carbonyl (C=O) groups excluding carboxylic acids is 1. The van der Waals surface area contributed by atoms with E-state index in [0.717, 1.165) is 6.07 Å². The van der Waals surface area contributed by atoms with Gasteiger partial charge in [0.15, 0.2) is 16.7 Å². The highest BCUT2D eigenvalue weighted by Gasteiger charge is 2.11. The van der Waals surface area contributed by atoms with Gasteiger partial charge in [0.2, 0.25) is 0 Å². The molecule has 0 radical (unpaired) electrons. The van der Waals surface area contributed by atoms with E-state index in [1.54, 1.807) is 30.3 Å². The molecule has 0 aliphatic rings. The molecule has 2 aromatic rings. The number of benzene rings is 2. The summed E-state index contributed by atoms with van der Waals surface area (Å²) in [5, 5.41) is 4.92. The molecule has 0 unspecified atom stereocenters. The molecule has 0 atom stereocenters. The quantitative estimate of drug-likeness (QED) is 0.674. The van der Waals surface area contributed by atoms with Gasteiger partial charge in [0.05, 0.1) is 0 Å². The van der Waals surface area contributed by atoms with E-state index in [0.29, 0.717) is 11.6 Å². The Bertz CT molecular complexity index is 707. The fourth-order valence-electron chi connectivity index (χ4n) is 1.68. The molecule has 22 heavy (non-hydrogen) atoms. The summed E-state index contributed by atoms with van der Waals surface area (Å²) in [4.78, 5) is 11.8. The molecule has 0 aliphatic heterocycles. The first kappa shape index (κ1) is 16.0. The lowest BCUT2D eigenvalue weighted by atomic mass is 10.2. The van der Waals surface area contributed by atoms with Crippen LogP contribution in [0.15, 0.2) is 42.5 Å². The van der Waals surface area contributed by atoms with Crippen LogP contribution in [0.1, 0.15) is 15.9 Å². The standard InChI is InChI=1S/C15H11F3N2OS/c16-11-7-13(18)12(17)6-10(11)8-19-15(22)20-14(21)9-4-2-1-3-5-9/h1-7H,8H2,(H2,19,20,21,22). The molecule has 0 aromatic heterocycles. The summed E-state index contributed by atoms with van der Waals surface area (Å²) in [6.45, 7) is -0.184. The monoisotopic (exact) mass is 324 g/mol. The van der Waals surface area contributed by atoms with Crippen molar-refractivity contribution >= 4 is 23.2 Å². The summed E-state index contributed by atoms with van der Waals surface area (Å²) in [5.41, 5.74) is 0.306. The van der Waals surface area contributed by atoms with Gasteiger partial charge in [-0.25, -0.2) is 13.2 Å². The molecule has 0 saturated heterocycles. The average Bonchev–Trinajstić information content (AvgIpc) is 2.50. The van der Waals surface area contributed by atoms with Crippen LogP contribution in [0.25, 0.3) is 0 Å². The topological polar surface area (TPSA) is 41.1 Å². The normalized spacial score (nSPS) is 10.1. The number of carbonyl (C=O) groups is 1. The maximum absolute atomic E-state index is 13.4. The highest BCUT2D eigenvalue weighted by atomic mass is 32.1. The van der Waals surface area contributed by atoms with E-state index in [2.05, 4.69) is 10.6 Å². The Morgan fingerprint density at radius 2 is 1.64 bits per heavy atom. The van der Waals surface area contributed by atoms with Crippen LogP contribution in [-0.4, -0.2) is 11.0 Å². The minimum absolute atomic E-state index is 0.0435. The molecule has 0 bridgehead atoms. The Kier molecular flexibility index (Phi) is 5.11. The predicted octanol–water partition coefficient (Wildman–Crippen LogP) is 2.91. The third kappa shape index (κ3) is 4.05. The Morgan fingerprint density at radius 3 is 2.32 bits per heavy atom. The lowest BCUT2D eigenvalue weighted by Gasteiger charge is -2.10. The van der Waals surface area contributed by atoms with E-state index in [1.165, 1.54) is 0 Å². The van der Waals surface area contributed by atoms with Crippen molar-refractivity contribution in [3.8, 4) is 0 Å². The smallest absolute Gasteiger partial charge is 0.257 e. The van der Waals surface area contributed by atoms with Crippen LogP contribution in [-0.2, 0) is 6.54 Å². The van der Waals surface area contributed by atoms with Crippen molar-refractivity contribution in [3.05, 3.63) is 71.0 Å². The Morgan fingerprint density at radius 1 is 1.00 bits per heavy atom. The van der Waals surface area contributed by atoms with E-state index in [9.17, 15) is 18.0 Å². The van der Waals surface area contributed by atoms with Gasteiger partial charge in [-0.3, -0.25) is 10.1 Å². The molecule has 114 valence electrons. The van der Waals surface area contributed by atoms with Crippen molar-refractivity contribution in [1.82, 2.24) is 10.6 Å². The molecular formula is C15H11F3N2OS. The molecule has 2 rings (SSSR count). The summed E-state index contributed by atoms with van der Waals surface area (Å²) in [7, 11) is 0. The van der Waals surface area contributed by atoms with Gasteiger partial charge in [-0.2, -0.15) is 0 Å². The summed E-state index contributed by atoms with van der Waals surface area (Å²) in [6.07, 6.45) is 0. The molecular weight excluding hydrogens is 313 g/mol. The average molecular weight is 324 g/mol. The fraction of sp³-hybridized carbons (Fsp3) is 0.0667. The zero-order valence-corrected chi connectivity index (χ0v) is 12.0. The van der Waals surface area contributed by atoms with Crippen molar-refractivity contribution in [3.63, 3.8) is 0 Å². The van der Waals surface area contributed by atoms with Gasteiger partial charge in [-0.1, -0.05) is 18.2 Å². The molecule has 0 aliphatic carbocycles. The van der Waals surface area contributed by atoms with E-state index in [1.807, 2.05) is 0 Å². The third-order valence-electron chi connectivity index (χ3n) is 2.79. The van der Waals surface area contributed by atoms with Gasteiger partial charge >= 0.3 is 0 Å². The van der Waals surface area contributed by atoms with Gasteiger partial charge in [0.1, 0.15) is 5.82 Å². The SMILES string of the molecule is O=C(NC(=S)NCc1cc(F)c(F)cc1F)c1ccccc1. The second-order valence-corrected chi connectivity index (χ2v) is 4.77. The van der Waals surface area contributed by atoms with Crippen molar-refractivity contribution in [2.24, 2.45) is 0 Å². The third-order valence-corrected chi connectivity index (χ3v) is 3.04.